The summed E-state index contributed by atoms with van der Waals surface area (Å²) in [7, 11) is 3.03. The Morgan fingerprint density at radius 3 is 2.35 bits per heavy atom. The van der Waals surface area contributed by atoms with Crippen LogP contribution in [0.1, 0.15) is 11.1 Å². The summed E-state index contributed by atoms with van der Waals surface area (Å²) in [5.41, 5.74) is 2.43. The Bertz CT molecular complexity index is 1380. The molecule has 3 aromatic rings. The highest BCUT2D eigenvalue weighted by molar-refractivity contribution is 6.22. The van der Waals surface area contributed by atoms with Crippen LogP contribution in [0.15, 0.2) is 72.8 Å². The number of nitrogens with zero attached hydrogens (tertiary/aromatic N) is 2. The largest absolute Gasteiger partial charge is 0.501 e. The number of carbonyl (C=O) groups excluding carboxylic acids is 3. The van der Waals surface area contributed by atoms with Crippen LogP contribution in [0, 0.1) is 0 Å². The quantitative estimate of drug-likeness (QED) is 0.478. The van der Waals surface area contributed by atoms with Gasteiger partial charge in [-0.2, -0.15) is 14.3 Å². The third kappa shape index (κ3) is 4.75. The molecular formula is C28H26N3O6+. The first kappa shape index (κ1) is 24.1. The number of imide groups is 1. The zero-order chi connectivity index (χ0) is 25.9. The van der Waals surface area contributed by atoms with Gasteiger partial charge in [0.05, 0.1) is 19.8 Å². The average molecular weight is 501 g/mol. The smallest absolute Gasteiger partial charge is 0.497 e. The first-order valence-corrected chi connectivity index (χ1v) is 11.8. The van der Waals surface area contributed by atoms with Gasteiger partial charge in [0.25, 0.3) is 12.0 Å². The summed E-state index contributed by atoms with van der Waals surface area (Å²) in [6.07, 6.45) is -0.521. The van der Waals surface area contributed by atoms with E-state index in [9.17, 15) is 14.4 Å². The number of ether oxygens (including phenoxy) is 3. The number of amides is 4. The second kappa shape index (κ2) is 10.1. The van der Waals surface area contributed by atoms with Crippen LogP contribution in [-0.4, -0.2) is 66.4 Å². The van der Waals surface area contributed by atoms with Gasteiger partial charge in [-0.15, -0.1) is 0 Å². The van der Waals surface area contributed by atoms with Crippen molar-refractivity contribution in [3.05, 3.63) is 83.9 Å². The van der Waals surface area contributed by atoms with Crippen LogP contribution in [0.2, 0.25) is 0 Å². The molecule has 188 valence electrons. The van der Waals surface area contributed by atoms with Crippen LogP contribution in [0.25, 0.3) is 0 Å². The van der Waals surface area contributed by atoms with Crippen molar-refractivity contribution in [3.8, 4) is 17.2 Å². The van der Waals surface area contributed by atoms with Crippen LogP contribution in [0.4, 0.5) is 10.5 Å². The summed E-state index contributed by atoms with van der Waals surface area (Å²) in [4.78, 5) is 41.3. The lowest BCUT2D eigenvalue weighted by Crippen LogP contribution is -2.59. The standard InChI is InChI=1S/C28H25N3O6/c1-35-20-14-19(15-21(16-20)36-2)29-24(32)17-31-25-22-10-6-7-11-23(22)37-26(25)27(33)30(28(31)34)13-12-18-8-4-3-5-9-18/h3-11,14-16,26H,12-13,17H2,1-2H3/p+1. The van der Waals surface area contributed by atoms with Gasteiger partial charge in [0.15, 0.2) is 12.3 Å². The number of rotatable bonds is 8. The molecule has 3 aromatic carbocycles. The maximum Gasteiger partial charge on any atom is 0.501 e. The lowest BCUT2D eigenvalue weighted by Gasteiger charge is -2.24. The van der Waals surface area contributed by atoms with E-state index in [1.54, 1.807) is 42.5 Å². The molecule has 9 heteroatoms. The number of methoxy groups -OCH3 is 2. The van der Waals surface area contributed by atoms with Crippen LogP contribution >= 0.6 is 0 Å². The Labute approximate surface area is 213 Å². The van der Waals surface area contributed by atoms with E-state index < -0.39 is 23.9 Å². The fraction of sp³-hybridized carbons (Fsp3) is 0.214. The maximum absolute atomic E-state index is 13.6. The van der Waals surface area contributed by atoms with Gasteiger partial charge in [0, 0.05) is 30.3 Å². The van der Waals surface area contributed by atoms with E-state index in [0.717, 1.165) is 10.5 Å². The Balaban J connectivity index is 1.45. The summed E-state index contributed by atoms with van der Waals surface area (Å²) >= 11 is 0. The van der Waals surface area contributed by atoms with Crippen molar-refractivity contribution >= 4 is 29.2 Å². The van der Waals surface area contributed by atoms with Crippen LogP contribution < -0.4 is 19.5 Å². The number of carbonyl (C=O) groups is 3. The zero-order valence-electron chi connectivity index (χ0n) is 20.5. The van der Waals surface area contributed by atoms with E-state index in [-0.39, 0.29) is 13.1 Å². The molecule has 0 aromatic heterocycles. The molecule has 1 unspecified atom stereocenters. The van der Waals surface area contributed by atoms with Crippen molar-refractivity contribution < 1.29 is 33.2 Å². The van der Waals surface area contributed by atoms with Gasteiger partial charge < -0.3 is 19.5 Å². The van der Waals surface area contributed by atoms with E-state index in [0.29, 0.717) is 40.6 Å². The highest BCUT2D eigenvalue weighted by Crippen LogP contribution is 2.32. The first-order valence-electron chi connectivity index (χ1n) is 11.8. The molecule has 0 fully saturated rings. The molecule has 0 saturated heterocycles. The van der Waals surface area contributed by atoms with Crippen LogP contribution in [-0.2, 0) is 16.0 Å². The second-order valence-electron chi connectivity index (χ2n) is 8.62. The lowest BCUT2D eigenvalue weighted by molar-refractivity contribution is -0.428. The summed E-state index contributed by atoms with van der Waals surface area (Å²) < 4.78 is 17.8. The van der Waals surface area contributed by atoms with Gasteiger partial charge in [-0.3, -0.25) is 4.79 Å². The van der Waals surface area contributed by atoms with Crippen molar-refractivity contribution in [2.75, 3.05) is 32.6 Å². The average Bonchev–Trinajstić information content (AvgIpc) is 3.31. The Kier molecular flexibility index (Phi) is 6.59. The molecule has 1 atom stereocenters. The summed E-state index contributed by atoms with van der Waals surface area (Å²) in [6.45, 7) is -0.145. The van der Waals surface area contributed by atoms with E-state index in [4.69, 9.17) is 14.2 Å². The zero-order valence-corrected chi connectivity index (χ0v) is 20.5. The van der Waals surface area contributed by atoms with Gasteiger partial charge >= 0.3 is 11.9 Å². The minimum absolute atomic E-state index is 0.163. The molecule has 4 amide bonds. The molecule has 1 N–H and O–H groups in total. The molecular weight excluding hydrogens is 474 g/mol. The number of anilines is 1. The molecule has 37 heavy (non-hydrogen) atoms. The van der Waals surface area contributed by atoms with Crippen molar-refractivity contribution in [2.45, 2.75) is 12.5 Å². The van der Waals surface area contributed by atoms with Gasteiger partial charge in [0.1, 0.15) is 23.8 Å². The molecule has 0 bridgehead atoms. The maximum atomic E-state index is 13.6. The molecule has 2 aliphatic rings. The van der Waals surface area contributed by atoms with Crippen LogP contribution in [0.5, 0.6) is 17.2 Å². The summed E-state index contributed by atoms with van der Waals surface area (Å²) in [5, 5.41) is 2.80. The van der Waals surface area contributed by atoms with Gasteiger partial charge in [-0.05, 0) is 17.7 Å². The van der Waals surface area contributed by atoms with E-state index >= 15 is 0 Å². The lowest BCUT2D eigenvalue weighted by atomic mass is 10.0. The SMILES string of the molecule is COc1cc(NC(=O)C[N+]2=C3c4ccccc4OC3C(=O)N(CCc3ccccc3)C2=O)cc(OC)c1. The monoisotopic (exact) mass is 500 g/mol. The number of hydrogen-bond acceptors (Lipinski definition) is 6. The topological polar surface area (TPSA) is 97.2 Å². The molecule has 9 nitrogen and oxygen atoms in total. The van der Waals surface area contributed by atoms with Crippen LogP contribution in [0.3, 0.4) is 0 Å². The highest BCUT2D eigenvalue weighted by Gasteiger charge is 2.53. The molecule has 0 spiro atoms. The minimum Gasteiger partial charge on any atom is -0.497 e. The summed E-state index contributed by atoms with van der Waals surface area (Å²) in [6, 6.07) is 21.1. The number of hydrogen-bond donors (Lipinski definition) is 1. The number of benzene rings is 3. The number of para-hydroxylation sites is 1. The molecule has 0 radical (unpaired) electrons. The van der Waals surface area contributed by atoms with Crippen molar-refractivity contribution in [1.82, 2.24) is 4.90 Å². The molecule has 2 aliphatic heterocycles. The fourth-order valence-electron chi connectivity index (χ4n) is 4.51. The third-order valence-electron chi connectivity index (χ3n) is 6.30. The van der Waals surface area contributed by atoms with Crippen molar-refractivity contribution in [1.29, 1.82) is 0 Å². The van der Waals surface area contributed by atoms with E-state index in [1.165, 1.54) is 18.8 Å². The highest BCUT2D eigenvalue weighted by atomic mass is 16.5. The molecule has 2 heterocycles. The number of urea groups is 1. The molecule has 5 rings (SSSR count). The predicted molar refractivity (Wildman–Crippen MR) is 136 cm³/mol. The van der Waals surface area contributed by atoms with Gasteiger partial charge in [-0.1, -0.05) is 42.5 Å². The Hall–Kier alpha value is -4.66. The van der Waals surface area contributed by atoms with E-state index in [1.807, 2.05) is 30.3 Å². The van der Waals surface area contributed by atoms with E-state index in [2.05, 4.69) is 5.32 Å². The molecule has 0 saturated carbocycles. The van der Waals surface area contributed by atoms with Crippen molar-refractivity contribution in [3.63, 3.8) is 0 Å². The number of fused-ring (bicyclic) bond motifs is 3. The summed E-state index contributed by atoms with van der Waals surface area (Å²) in [5.74, 6) is 0.623. The number of nitrogens with one attached hydrogen (secondary N) is 1. The molecule has 0 aliphatic carbocycles. The Morgan fingerprint density at radius 1 is 0.973 bits per heavy atom. The van der Waals surface area contributed by atoms with Gasteiger partial charge in [-0.25, -0.2) is 4.79 Å². The second-order valence-corrected chi connectivity index (χ2v) is 8.62. The first-order chi connectivity index (χ1) is 18.0. The van der Waals surface area contributed by atoms with Gasteiger partial charge in [0.2, 0.25) is 0 Å². The third-order valence-corrected chi connectivity index (χ3v) is 6.30. The normalized spacial score (nSPS) is 16.2. The predicted octanol–water partition coefficient (Wildman–Crippen LogP) is 3.11. The minimum atomic E-state index is -1.00. The van der Waals surface area contributed by atoms with Crippen molar-refractivity contribution in [2.24, 2.45) is 0 Å². The fourth-order valence-corrected chi connectivity index (χ4v) is 4.51. The Morgan fingerprint density at radius 2 is 1.65 bits per heavy atom.